The van der Waals surface area contributed by atoms with Crippen molar-refractivity contribution in [3.05, 3.63) is 24.3 Å². The van der Waals surface area contributed by atoms with Crippen molar-refractivity contribution in [2.24, 2.45) is 0 Å². The van der Waals surface area contributed by atoms with E-state index in [2.05, 4.69) is 5.32 Å². The van der Waals surface area contributed by atoms with Gasteiger partial charge in [-0.25, -0.2) is 0 Å². The maximum absolute atomic E-state index is 10.5. The van der Waals surface area contributed by atoms with Gasteiger partial charge in [-0.3, -0.25) is 4.79 Å². The number of rotatable bonds is 2. The average Bonchev–Trinajstić information content (AvgIpc) is 2.06. The zero-order valence-electron chi connectivity index (χ0n) is 6.99. The zero-order chi connectivity index (χ0) is 9.26. The van der Waals surface area contributed by atoms with Crippen molar-refractivity contribution in [1.82, 2.24) is 5.32 Å². The summed E-state index contributed by atoms with van der Waals surface area (Å²) in [5.74, 6) is 0.750. The summed E-state index contributed by atoms with van der Waals surface area (Å²) in [7, 11) is 0. The van der Waals surface area contributed by atoms with Crippen molar-refractivity contribution in [3.63, 3.8) is 0 Å². The van der Waals surface area contributed by atoms with Gasteiger partial charge in [0.1, 0.15) is 5.75 Å². The summed E-state index contributed by atoms with van der Waals surface area (Å²) in [6.45, 7) is 0. The number of carbonyl (C=O) groups excluding carboxylic acids is 1. The Balaban J connectivity index is 1.95. The van der Waals surface area contributed by atoms with Crippen LogP contribution < -0.4 is 15.8 Å². The standard InChI is InChI=1S/C9H10N2O2/c10-6-1-3-7(4-2-6)13-9-5-8(12)11-9/h1-4,9H,5,10H2,(H,11,12)/t9-/m1/s1. The number of hydrogen-bond donors (Lipinski definition) is 2. The molecule has 1 aliphatic rings. The average molecular weight is 178 g/mol. The van der Waals surface area contributed by atoms with Crippen LogP contribution in [0.5, 0.6) is 5.75 Å². The first-order chi connectivity index (χ1) is 6.24. The molecule has 1 saturated heterocycles. The largest absolute Gasteiger partial charge is 0.470 e. The molecule has 0 bridgehead atoms. The Morgan fingerprint density at radius 3 is 2.54 bits per heavy atom. The van der Waals surface area contributed by atoms with Crippen LogP contribution in [0, 0.1) is 0 Å². The topological polar surface area (TPSA) is 64.3 Å². The van der Waals surface area contributed by atoms with Crippen LogP contribution in [0.2, 0.25) is 0 Å². The molecule has 4 nitrogen and oxygen atoms in total. The number of nitrogens with one attached hydrogen (secondary N) is 1. The number of nitrogen functional groups attached to an aromatic ring is 1. The normalized spacial score (nSPS) is 20.3. The number of nitrogens with two attached hydrogens (primary N) is 1. The quantitative estimate of drug-likeness (QED) is 0.511. The van der Waals surface area contributed by atoms with E-state index in [1.54, 1.807) is 24.3 Å². The van der Waals surface area contributed by atoms with Gasteiger partial charge in [0, 0.05) is 5.69 Å². The van der Waals surface area contributed by atoms with Crippen molar-refractivity contribution < 1.29 is 9.53 Å². The lowest BCUT2D eigenvalue weighted by molar-refractivity contribution is -0.134. The Bertz CT molecular complexity index is 313. The minimum absolute atomic E-state index is 0.0282. The SMILES string of the molecule is Nc1ccc(O[C@@H]2CC(=O)N2)cc1. The fourth-order valence-corrected chi connectivity index (χ4v) is 1.11. The molecule has 1 aromatic rings. The maximum atomic E-state index is 10.5. The molecule has 1 aromatic carbocycles. The molecule has 68 valence electrons. The van der Waals surface area contributed by atoms with Crippen LogP contribution in [0.15, 0.2) is 24.3 Å². The second-order valence-corrected chi connectivity index (χ2v) is 2.95. The van der Waals surface area contributed by atoms with Crippen LogP contribution >= 0.6 is 0 Å². The lowest BCUT2D eigenvalue weighted by Crippen LogP contribution is -2.51. The molecule has 0 aliphatic carbocycles. The first-order valence-corrected chi connectivity index (χ1v) is 4.05. The van der Waals surface area contributed by atoms with Crippen LogP contribution in [0.4, 0.5) is 5.69 Å². The smallest absolute Gasteiger partial charge is 0.228 e. The van der Waals surface area contributed by atoms with Crippen molar-refractivity contribution in [1.29, 1.82) is 0 Å². The first kappa shape index (κ1) is 7.91. The summed E-state index contributed by atoms with van der Waals surface area (Å²) in [5.41, 5.74) is 6.20. The molecule has 4 heteroatoms. The van der Waals surface area contributed by atoms with Crippen LogP contribution in [-0.2, 0) is 4.79 Å². The summed E-state index contributed by atoms with van der Waals surface area (Å²) in [5, 5.41) is 2.61. The van der Waals surface area contributed by atoms with Crippen molar-refractivity contribution >= 4 is 11.6 Å². The fraction of sp³-hybridized carbons (Fsp3) is 0.222. The lowest BCUT2D eigenvalue weighted by Gasteiger charge is -2.27. The van der Waals surface area contributed by atoms with Crippen molar-refractivity contribution in [3.8, 4) is 5.75 Å². The highest BCUT2D eigenvalue weighted by Gasteiger charge is 2.26. The molecule has 13 heavy (non-hydrogen) atoms. The van der Waals surface area contributed by atoms with Gasteiger partial charge in [0.05, 0.1) is 6.42 Å². The molecule has 1 amide bonds. The number of ether oxygens (including phenoxy) is 1. The van der Waals surface area contributed by atoms with E-state index >= 15 is 0 Å². The van der Waals surface area contributed by atoms with Gasteiger partial charge in [0.2, 0.25) is 5.91 Å². The molecule has 0 spiro atoms. The van der Waals surface area contributed by atoms with E-state index < -0.39 is 0 Å². The molecular weight excluding hydrogens is 168 g/mol. The van der Waals surface area contributed by atoms with Crippen molar-refractivity contribution in [2.75, 3.05) is 5.73 Å². The first-order valence-electron chi connectivity index (χ1n) is 4.05. The molecule has 0 saturated carbocycles. The van der Waals surface area contributed by atoms with E-state index in [-0.39, 0.29) is 12.1 Å². The second kappa shape index (κ2) is 2.97. The highest BCUT2D eigenvalue weighted by molar-refractivity contribution is 5.82. The predicted molar refractivity (Wildman–Crippen MR) is 48.0 cm³/mol. The molecule has 1 atom stereocenters. The third-order valence-corrected chi connectivity index (χ3v) is 1.85. The van der Waals surface area contributed by atoms with Crippen LogP contribution in [0.25, 0.3) is 0 Å². The Hall–Kier alpha value is -1.71. The lowest BCUT2D eigenvalue weighted by atomic mass is 10.2. The summed E-state index contributed by atoms with van der Waals surface area (Å²) >= 11 is 0. The van der Waals surface area contributed by atoms with E-state index in [1.807, 2.05) is 0 Å². The van der Waals surface area contributed by atoms with Gasteiger partial charge in [0.15, 0.2) is 6.23 Å². The number of hydrogen-bond acceptors (Lipinski definition) is 3. The molecule has 1 fully saturated rings. The van der Waals surface area contributed by atoms with Gasteiger partial charge in [-0.2, -0.15) is 0 Å². The highest BCUT2D eigenvalue weighted by atomic mass is 16.5. The molecule has 3 N–H and O–H groups in total. The molecule has 1 aliphatic heterocycles. The van der Waals surface area contributed by atoms with E-state index in [9.17, 15) is 4.79 Å². The Kier molecular flexibility index (Phi) is 1.81. The molecule has 1 heterocycles. The van der Waals surface area contributed by atoms with E-state index in [4.69, 9.17) is 10.5 Å². The predicted octanol–water partition coefficient (Wildman–Crippen LogP) is 0.494. The van der Waals surface area contributed by atoms with Gasteiger partial charge in [-0.05, 0) is 24.3 Å². The van der Waals surface area contributed by atoms with Gasteiger partial charge >= 0.3 is 0 Å². The van der Waals surface area contributed by atoms with E-state index in [0.717, 1.165) is 5.75 Å². The number of benzene rings is 1. The zero-order valence-corrected chi connectivity index (χ0v) is 6.99. The molecular formula is C9H10N2O2. The van der Waals surface area contributed by atoms with Crippen LogP contribution in [0.1, 0.15) is 6.42 Å². The summed E-state index contributed by atoms with van der Waals surface area (Å²) in [6.07, 6.45) is 0.265. The highest BCUT2D eigenvalue weighted by Crippen LogP contribution is 2.17. The monoisotopic (exact) mass is 178 g/mol. The van der Waals surface area contributed by atoms with E-state index in [0.29, 0.717) is 12.1 Å². The van der Waals surface area contributed by atoms with Gasteiger partial charge in [-0.15, -0.1) is 0 Å². The molecule has 0 aromatic heterocycles. The number of carbonyl (C=O) groups is 1. The number of anilines is 1. The summed E-state index contributed by atoms with van der Waals surface area (Å²) < 4.78 is 5.39. The fourth-order valence-electron chi connectivity index (χ4n) is 1.11. The third kappa shape index (κ3) is 1.72. The van der Waals surface area contributed by atoms with Gasteiger partial charge < -0.3 is 15.8 Å². The van der Waals surface area contributed by atoms with E-state index in [1.165, 1.54) is 0 Å². The van der Waals surface area contributed by atoms with Gasteiger partial charge in [-0.1, -0.05) is 0 Å². The van der Waals surface area contributed by atoms with Crippen LogP contribution in [-0.4, -0.2) is 12.1 Å². The molecule has 0 unspecified atom stereocenters. The summed E-state index contributed by atoms with van der Waals surface area (Å²) in [4.78, 5) is 10.5. The number of β-lactam (4-membered cyclic amide) rings is 1. The number of amides is 1. The van der Waals surface area contributed by atoms with Crippen LogP contribution in [0.3, 0.4) is 0 Å². The Labute approximate surface area is 75.7 Å². The van der Waals surface area contributed by atoms with Crippen molar-refractivity contribution in [2.45, 2.75) is 12.6 Å². The minimum atomic E-state index is -0.170. The summed E-state index contributed by atoms with van der Waals surface area (Å²) in [6, 6.07) is 7.07. The van der Waals surface area contributed by atoms with Gasteiger partial charge in [0.25, 0.3) is 0 Å². The molecule has 0 radical (unpaired) electrons. The second-order valence-electron chi connectivity index (χ2n) is 2.95. The Morgan fingerprint density at radius 2 is 2.00 bits per heavy atom. The third-order valence-electron chi connectivity index (χ3n) is 1.85. The Morgan fingerprint density at radius 1 is 1.38 bits per heavy atom. The minimum Gasteiger partial charge on any atom is -0.470 e. The molecule has 2 rings (SSSR count). The maximum Gasteiger partial charge on any atom is 0.228 e.